The molecule has 0 amide bonds. The molecular formula is C13H8Cl2N2O4. The number of benzene rings is 2. The minimum Gasteiger partial charge on any atom is -0.477 e. The highest BCUT2D eigenvalue weighted by Crippen LogP contribution is 2.32. The maximum Gasteiger partial charge on any atom is 0.342 e. The number of carboxylic acids is 1. The molecule has 0 aliphatic heterocycles. The Balaban J connectivity index is 2.42. The molecule has 0 saturated carbocycles. The van der Waals surface area contributed by atoms with E-state index in [-0.39, 0.29) is 5.02 Å². The Hall–Kier alpha value is -2.31. The minimum atomic E-state index is -1.39. The van der Waals surface area contributed by atoms with Crippen LogP contribution in [0.1, 0.15) is 10.4 Å². The first-order valence-electron chi connectivity index (χ1n) is 5.63. The summed E-state index contributed by atoms with van der Waals surface area (Å²) in [5.74, 6) is -1.39. The van der Waals surface area contributed by atoms with Crippen LogP contribution in [0, 0.1) is 10.1 Å². The fraction of sp³-hybridized carbons (Fsp3) is 0. The van der Waals surface area contributed by atoms with Crippen LogP contribution in [0.25, 0.3) is 0 Å². The smallest absolute Gasteiger partial charge is 0.342 e. The van der Waals surface area contributed by atoms with E-state index in [1.54, 1.807) is 18.2 Å². The van der Waals surface area contributed by atoms with Crippen molar-refractivity contribution in [2.24, 2.45) is 0 Å². The molecule has 0 atom stereocenters. The summed E-state index contributed by atoms with van der Waals surface area (Å²) in [6, 6.07) is 8.59. The molecule has 0 aliphatic carbocycles. The largest absolute Gasteiger partial charge is 0.477 e. The molecule has 21 heavy (non-hydrogen) atoms. The number of anilines is 2. The van der Waals surface area contributed by atoms with Gasteiger partial charge in [-0.1, -0.05) is 29.3 Å². The zero-order valence-electron chi connectivity index (χ0n) is 10.3. The van der Waals surface area contributed by atoms with Gasteiger partial charge in [-0.3, -0.25) is 10.1 Å². The van der Waals surface area contributed by atoms with E-state index in [9.17, 15) is 14.9 Å². The molecule has 0 aliphatic rings. The highest BCUT2D eigenvalue weighted by atomic mass is 35.5. The van der Waals surface area contributed by atoms with Crippen molar-refractivity contribution in [1.29, 1.82) is 0 Å². The summed E-state index contributed by atoms with van der Waals surface area (Å²) < 4.78 is 0. The van der Waals surface area contributed by atoms with E-state index in [0.29, 0.717) is 16.4 Å². The van der Waals surface area contributed by atoms with Gasteiger partial charge in [0.05, 0.1) is 20.7 Å². The highest BCUT2D eigenvalue weighted by Gasteiger charge is 2.20. The zero-order valence-corrected chi connectivity index (χ0v) is 11.9. The molecule has 0 unspecified atom stereocenters. The highest BCUT2D eigenvalue weighted by molar-refractivity contribution is 6.43. The van der Waals surface area contributed by atoms with Crippen LogP contribution in [0.4, 0.5) is 17.1 Å². The summed E-state index contributed by atoms with van der Waals surface area (Å²) in [5, 5.41) is 23.3. The Morgan fingerprint density at radius 2 is 1.95 bits per heavy atom. The van der Waals surface area contributed by atoms with E-state index >= 15 is 0 Å². The topological polar surface area (TPSA) is 92.5 Å². The number of nitro groups is 1. The Bertz CT molecular complexity index is 734. The third-order valence-corrected chi connectivity index (χ3v) is 3.47. The molecule has 2 aromatic carbocycles. The van der Waals surface area contributed by atoms with Gasteiger partial charge in [0.15, 0.2) is 0 Å². The molecule has 0 saturated heterocycles. The molecular weight excluding hydrogens is 319 g/mol. The van der Waals surface area contributed by atoms with E-state index in [0.717, 1.165) is 12.1 Å². The Labute approximate surface area is 129 Å². The lowest BCUT2D eigenvalue weighted by molar-refractivity contribution is -0.385. The summed E-state index contributed by atoms with van der Waals surface area (Å²) in [6.45, 7) is 0. The van der Waals surface area contributed by atoms with Crippen LogP contribution >= 0.6 is 23.2 Å². The van der Waals surface area contributed by atoms with Crippen LogP contribution in [0.3, 0.4) is 0 Å². The predicted octanol–water partition coefficient (Wildman–Crippen LogP) is 4.34. The number of hydrogen-bond donors (Lipinski definition) is 2. The second-order valence-electron chi connectivity index (χ2n) is 4.02. The normalized spacial score (nSPS) is 10.2. The lowest BCUT2D eigenvalue weighted by Gasteiger charge is -2.10. The quantitative estimate of drug-likeness (QED) is 0.643. The van der Waals surface area contributed by atoms with E-state index in [1.165, 1.54) is 6.07 Å². The van der Waals surface area contributed by atoms with Gasteiger partial charge in [0, 0.05) is 11.8 Å². The van der Waals surface area contributed by atoms with Crippen molar-refractivity contribution in [1.82, 2.24) is 0 Å². The average molecular weight is 327 g/mol. The van der Waals surface area contributed by atoms with Crippen molar-refractivity contribution in [3.63, 3.8) is 0 Å². The van der Waals surface area contributed by atoms with Gasteiger partial charge in [-0.05, 0) is 24.3 Å². The standard InChI is InChI=1S/C13H8Cl2N2O4/c14-9-2-1-3-10(12(9)15)16-7-4-5-11(17(20)21)8(6-7)13(18)19/h1-6,16H,(H,18,19). The van der Waals surface area contributed by atoms with Crippen LogP contribution in [0.5, 0.6) is 0 Å². The molecule has 2 rings (SSSR count). The minimum absolute atomic E-state index is 0.273. The summed E-state index contributed by atoms with van der Waals surface area (Å²) in [5.41, 5.74) is -0.0788. The number of carbonyl (C=O) groups is 1. The fourth-order valence-corrected chi connectivity index (χ4v) is 2.05. The average Bonchev–Trinajstić information content (AvgIpc) is 2.43. The van der Waals surface area contributed by atoms with Crippen molar-refractivity contribution >= 4 is 46.2 Å². The second-order valence-corrected chi connectivity index (χ2v) is 4.81. The van der Waals surface area contributed by atoms with Crippen LogP contribution in [-0.2, 0) is 0 Å². The van der Waals surface area contributed by atoms with Gasteiger partial charge in [0.25, 0.3) is 5.69 Å². The molecule has 0 fully saturated rings. The SMILES string of the molecule is O=C(O)c1cc(Nc2cccc(Cl)c2Cl)ccc1[N+](=O)[O-]. The Morgan fingerprint density at radius 3 is 2.57 bits per heavy atom. The maximum atomic E-state index is 11.1. The number of nitrogens with one attached hydrogen (secondary N) is 1. The zero-order chi connectivity index (χ0) is 15.6. The van der Waals surface area contributed by atoms with Gasteiger partial charge in [0.1, 0.15) is 5.56 Å². The molecule has 108 valence electrons. The third-order valence-electron chi connectivity index (χ3n) is 2.65. The van der Waals surface area contributed by atoms with Crippen molar-refractivity contribution in [2.45, 2.75) is 0 Å². The number of aromatic carboxylic acids is 1. The monoisotopic (exact) mass is 326 g/mol. The third kappa shape index (κ3) is 3.24. The lowest BCUT2D eigenvalue weighted by Crippen LogP contribution is -2.03. The number of rotatable bonds is 4. The molecule has 0 spiro atoms. The Morgan fingerprint density at radius 1 is 1.24 bits per heavy atom. The molecule has 2 aromatic rings. The number of halogens is 2. The van der Waals surface area contributed by atoms with Gasteiger partial charge < -0.3 is 10.4 Å². The number of nitrogens with zero attached hydrogens (tertiary/aromatic N) is 1. The first kappa shape index (κ1) is 15.1. The van der Waals surface area contributed by atoms with E-state index in [2.05, 4.69) is 5.32 Å². The van der Waals surface area contributed by atoms with Crippen molar-refractivity contribution in [2.75, 3.05) is 5.32 Å². The number of nitro benzene ring substituents is 1. The fourth-order valence-electron chi connectivity index (χ4n) is 1.70. The predicted molar refractivity (Wildman–Crippen MR) is 79.8 cm³/mol. The van der Waals surface area contributed by atoms with Crippen LogP contribution in [0.2, 0.25) is 10.0 Å². The van der Waals surface area contributed by atoms with Gasteiger partial charge in [-0.2, -0.15) is 0 Å². The van der Waals surface area contributed by atoms with Gasteiger partial charge in [0.2, 0.25) is 0 Å². The van der Waals surface area contributed by atoms with E-state index in [4.69, 9.17) is 28.3 Å². The molecule has 0 heterocycles. The summed E-state index contributed by atoms with van der Waals surface area (Å²) >= 11 is 11.9. The molecule has 0 aromatic heterocycles. The number of hydrogen-bond acceptors (Lipinski definition) is 4. The summed E-state index contributed by atoms with van der Waals surface area (Å²) in [7, 11) is 0. The van der Waals surface area contributed by atoms with Crippen LogP contribution in [0.15, 0.2) is 36.4 Å². The Kier molecular flexibility index (Phi) is 4.30. The molecule has 8 heteroatoms. The van der Waals surface area contributed by atoms with E-state index < -0.39 is 22.1 Å². The first-order chi connectivity index (χ1) is 9.90. The van der Waals surface area contributed by atoms with Crippen molar-refractivity contribution in [3.05, 3.63) is 62.1 Å². The van der Waals surface area contributed by atoms with Gasteiger partial charge in [-0.25, -0.2) is 4.79 Å². The van der Waals surface area contributed by atoms with Crippen LogP contribution in [-0.4, -0.2) is 16.0 Å². The molecule has 0 radical (unpaired) electrons. The van der Waals surface area contributed by atoms with Gasteiger partial charge in [-0.15, -0.1) is 0 Å². The van der Waals surface area contributed by atoms with Crippen molar-refractivity contribution in [3.8, 4) is 0 Å². The van der Waals surface area contributed by atoms with E-state index in [1.807, 2.05) is 0 Å². The van der Waals surface area contributed by atoms with Crippen LogP contribution < -0.4 is 5.32 Å². The molecule has 2 N–H and O–H groups in total. The lowest BCUT2D eigenvalue weighted by atomic mass is 10.1. The maximum absolute atomic E-state index is 11.1. The first-order valence-corrected chi connectivity index (χ1v) is 6.38. The molecule has 6 nitrogen and oxygen atoms in total. The van der Waals surface area contributed by atoms with Gasteiger partial charge >= 0.3 is 5.97 Å². The number of carboxylic acid groups (broad SMARTS) is 1. The summed E-state index contributed by atoms with van der Waals surface area (Å²) in [6.07, 6.45) is 0. The van der Waals surface area contributed by atoms with Crippen molar-refractivity contribution < 1.29 is 14.8 Å². The molecule has 0 bridgehead atoms. The summed E-state index contributed by atoms with van der Waals surface area (Å²) in [4.78, 5) is 21.1. The second kappa shape index (κ2) is 5.99.